The summed E-state index contributed by atoms with van der Waals surface area (Å²) in [6, 6.07) is 0. The van der Waals surface area contributed by atoms with Crippen LogP contribution in [0.1, 0.15) is 26.0 Å². The van der Waals surface area contributed by atoms with E-state index in [1.54, 1.807) is 11.8 Å². The Morgan fingerprint density at radius 2 is 2.38 bits per heavy atom. The molecule has 1 aromatic heterocycles. The summed E-state index contributed by atoms with van der Waals surface area (Å²) in [5.41, 5.74) is 1.04. The molecule has 0 saturated carbocycles. The highest BCUT2D eigenvalue weighted by molar-refractivity contribution is 7.98. The van der Waals surface area contributed by atoms with E-state index in [0.29, 0.717) is 5.92 Å². The maximum Gasteiger partial charge on any atom is 0.134 e. The van der Waals surface area contributed by atoms with Gasteiger partial charge in [0.2, 0.25) is 0 Å². The standard InChI is InChI=1S/C10H19N3OS2/c1-3-4-11-10-9(12-13-16-10)7-15-6-8(2)5-14/h8,11,14H,3-7H2,1-2H3. The molecule has 0 aromatic carbocycles. The Kier molecular flexibility index (Phi) is 6.75. The molecule has 0 bridgehead atoms. The van der Waals surface area contributed by atoms with E-state index in [9.17, 15) is 0 Å². The fourth-order valence-corrected chi connectivity index (χ4v) is 2.80. The van der Waals surface area contributed by atoms with Crippen LogP contribution in [0.25, 0.3) is 0 Å². The SMILES string of the molecule is CCCNc1snnc1CSCC(C)CO. The Hall–Kier alpha value is -0.330. The Morgan fingerprint density at radius 3 is 3.06 bits per heavy atom. The van der Waals surface area contributed by atoms with Crippen molar-refractivity contribution in [2.45, 2.75) is 26.0 Å². The predicted octanol–water partition coefficient (Wildman–Crippen LogP) is 2.22. The van der Waals surface area contributed by atoms with Crippen LogP contribution in [0.4, 0.5) is 5.00 Å². The highest BCUT2D eigenvalue weighted by Crippen LogP contribution is 2.23. The molecule has 4 nitrogen and oxygen atoms in total. The van der Waals surface area contributed by atoms with Crippen LogP contribution in [0.2, 0.25) is 0 Å². The first kappa shape index (κ1) is 13.7. The second-order valence-electron chi connectivity index (χ2n) is 3.78. The van der Waals surface area contributed by atoms with Crippen molar-refractivity contribution in [2.75, 3.05) is 24.2 Å². The van der Waals surface area contributed by atoms with Crippen LogP contribution in [-0.4, -0.2) is 33.6 Å². The van der Waals surface area contributed by atoms with Crippen molar-refractivity contribution in [3.05, 3.63) is 5.69 Å². The number of aliphatic hydroxyl groups excluding tert-OH is 1. The number of thioether (sulfide) groups is 1. The fraction of sp³-hybridized carbons (Fsp3) is 0.800. The lowest BCUT2D eigenvalue weighted by molar-refractivity contribution is 0.250. The van der Waals surface area contributed by atoms with Gasteiger partial charge in [-0.25, -0.2) is 0 Å². The number of hydrogen-bond donors (Lipinski definition) is 2. The fourth-order valence-electron chi connectivity index (χ4n) is 1.09. The van der Waals surface area contributed by atoms with Crippen molar-refractivity contribution in [1.82, 2.24) is 9.59 Å². The van der Waals surface area contributed by atoms with Gasteiger partial charge < -0.3 is 10.4 Å². The molecule has 6 heteroatoms. The molecule has 0 aliphatic heterocycles. The summed E-state index contributed by atoms with van der Waals surface area (Å²) in [6.07, 6.45) is 1.10. The zero-order chi connectivity index (χ0) is 11.8. The van der Waals surface area contributed by atoms with Crippen molar-refractivity contribution in [3.8, 4) is 0 Å². The molecule has 92 valence electrons. The van der Waals surface area contributed by atoms with Gasteiger partial charge >= 0.3 is 0 Å². The topological polar surface area (TPSA) is 58.0 Å². The number of aliphatic hydroxyl groups is 1. The molecule has 0 amide bonds. The van der Waals surface area contributed by atoms with Gasteiger partial charge in [0.15, 0.2) is 0 Å². The van der Waals surface area contributed by atoms with Crippen LogP contribution in [0.3, 0.4) is 0 Å². The van der Waals surface area contributed by atoms with E-state index in [1.807, 2.05) is 6.92 Å². The summed E-state index contributed by atoms with van der Waals surface area (Å²) in [5.74, 6) is 2.18. The molecule has 1 aromatic rings. The maximum absolute atomic E-state index is 8.91. The first-order valence-corrected chi connectivity index (χ1v) is 7.44. The highest BCUT2D eigenvalue weighted by Gasteiger charge is 2.08. The zero-order valence-electron chi connectivity index (χ0n) is 9.77. The van der Waals surface area contributed by atoms with E-state index < -0.39 is 0 Å². The van der Waals surface area contributed by atoms with Crippen LogP contribution in [0.15, 0.2) is 0 Å². The van der Waals surface area contributed by atoms with E-state index >= 15 is 0 Å². The first-order valence-electron chi connectivity index (χ1n) is 5.51. The van der Waals surface area contributed by atoms with E-state index in [1.165, 1.54) is 11.5 Å². The molecule has 0 saturated heterocycles. The van der Waals surface area contributed by atoms with Crippen LogP contribution in [0.5, 0.6) is 0 Å². The van der Waals surface area contributed by atoms with E-state index in [4.69, 9.17) is 5.11 Å². The minimum atomic E-state index is 0.253. The molecule has 0 radical (unpaired) electrons. The van der Waals surface area contributed by atoms with Gasteiger partial charge in [-0.15, -0.1) is 5.10 Å². The lowest BCUT2D eigenvalue weighted by Crippen LogP contribution is -2.04. The average molecular weight is 261 g/mol. The molecule has 1 heterocycles. The van der Waals surface area contributed by atoms with E-state index in [0.717, 1.165) is 35.2 Å². The Balaban J connectivity index is 2.32. The van der Waals surface area contributed by atoms with Gasteiger partial charge in [0.1, 0.15) is 10.7 Å². The monoisotopic (exact) mass is 261 g/mol. The summed E-state index contributed by atoms with van der Waals surface area (Å²) < 4.78 is 3.96. The van der Waals surface area contributed by atoms with Gasteiger partial charge in [0.25, 0.3) is 0 Å². The lowest BCUT2D eigenvalue weighted by atomic mass is 10.2. The number of nitrogens with one attached hydrogen (secondary N) is 1. The van der Waals surface area contributed by atoms with Gasteiger partial charge in [-0.1, -0.05) is 18.3 Å². The quantitative estimate of drug-likeness (QED) is 0.751. The number of aromatic nitrogens is 2. The smallest absolute Gasteiger partial charge is 0.134 e. The summed E-state index contributed by atoms with van der Waals surface area (Å²) in [5, 5.41) is 17.4. The molecule has 0 aliphatic carbocycles. The second-order valence-corrected chi connectivity index (χ2v) is 5.56. The molecule has 0 spiro atoms. The van der Waals surface area contributed by atoms with Crippen LogP contribution in [0, 0.1) is 5.92 Å². The lowest BCUT2D eigenvalue weighted by Gasteiger charge is -2.07. The van der Waals surface area contributed by atoms with Gasteiger partial charge in [-0.3, -0.25) is 0 Å². The van der Waals surface area contributed by atoms with Crippen molar-refractivity contribution in [1.29, 1.82) is 0 Å². The molecule has 1 rings (SSSR count). The third-order valence-electron chi connectivity index (χ3n) is 2.04. The van der Waals surface area contributed by atoms with E-state index in [-0.39, 0.29) is 6.61 Å². The maximum atomic E-state index is 8.91. The molecule has 2 N–H and O–H groups in total. The van der Waals surface area contributed by atoms with Crippen molar-refractivity contribution < 1.29 is 5.11 Å². The Morgan fingerprint density at radius 1 is 1.56 bits per heavy atom. The van der Waals surface area contributed by atoms with Crippen molar-refractivity contribution >= 4 is 28.3 Å². The number of hydrogen-bond acceptors (Lipinski definition) is 6. The molecule has 16 heavy (non-hydrogen) atoms. The number of rotatable bonds is 8. The molecular formula is C10H19N3OS2. The summed E-state index contributed by atoms with van der Waals surface area (Å²) in [6.45, 7) is 5.40. The largest absolute Gasteiger partial charge is 0.396 e. The summed E-state index contributed by atoms with van der Waals surface area (Å²) in [4.78, 5) is 0. The first-order chi connectivity index (χ1) is 7.77. The molecule has 1 unspecified atom stereocenters. The van der Waals surface area contributed by atoms with Crippen molar-refractivity contribution in [2.24, 2.45) is 5.92 Å². The Labute approximate surface area is 105 Å². The molecule has 0 fully saturated rings. The van der Waals surface area contributed by atoms with Gasteiger partial charge in [-0.05, 0) is 18.1 Å². The minimum absolute atomic E-state index is 0.253. The predicted molar refractivity (Wildman–Crippen MR) is 71.1 cm³/mol. The van der Waals surface area contributed by atoms with Gasteiger partial charge in [0.05, 0.1) is 0 Å². The zero-order valence-corrected chi connectivity index (χ0v) is 11.4. The molecular weight excluding hydrogens is 242 g/mol. The average Bonchev–Trinajstić information content (AvgIpc) is 2.73. The third-order valence-corrected chi connectivity index (χ3v) is 4.05. The van der Waals surface area contributed by atoms with Gasteiger partial charge in [-0.2, -0.15) is 11.8 Å². The van der Waals surface area contributed by atoms with Crippen molar-refractivity contribution in [3.63, 3.8) is 0 Å². The van der Waals surface area contributed by atoms with E-state index in [2.05, 4.69) is 21.8 Å². The molecule has 0 aliphatic rings. The molecule has 1 atom stereocenters. The third kappa shape index (κ3) is 4.67. The van der Waals surface area contributed by atoms with Crippen LogP contribution < -0.4 is 5.32 Å². The highest BCUT2D eigenvalue weighted by atomic mass is 32.2. The van der Waals surface area contributed by atoms with Crippen LogP contribution >= 0.6 is 23.3 Å². The van der Waals surface area contributed by atoms with Crippen LogP contribution in [-0.2, 0) is 5.75 Å². The van der Waals surface area contributed by atoms with Gasteiger partial charge in [0, 0.05) is 30.4 Å². The minimum Gasteiger partial charge on any atom is -0.396 e. The Bertz CT molecular complexity index is 293. The number of nitrogens with zero attached hydrogens (tertiary/aromatic N) is 2. The normalized spacial score (nSPS) is 12.7. The summed E-state index contributed by atoms with van der Waals surface area (Å²) in [7, 11) is 0. The second kappa shape index (κ2) is 7.86. The summed E-state index contributed by atoms with van der Waals surface area (Å²) >= 11 is 3.21. The number of anilines is 1.